The second-order valence-corrected chi connectivity index (χ2v) is 5.05. The van der Waals surface area contributed by atoms with Crippen molar-refractivity contribution in [1.82, 2.24) is 24.6 Å². The van der Waals surface area contributed by atoms with Gasteiger partial charge in [-0.1, -0.05) is 25.1 Å². The Hall–Kier alpha value is -2.14. The van der Waals surface area contributed by atoms with Crippen molar-refractivity contribution < 1.29 is 0 Å². The number of aromatic nitrogens is 4. The Balaban J connectivity index is 2.02. The van der Waals surface area contributed by atoms with Crippen LogP contribution in [-0.4, -0.2) is 25.9 Å². The van der Waals surface area contributed by atoms with Crippen LogP contribution in [0.25, 0.3) is 10.9 Å². The van der Waals surface area contributed by atoms with Crippen LogP contribution >= 0.6 is 0 Å². The average Bonchev–Trinajstić information content (AvgIpc) is 3.10. The normalized spacial score (nSPS) is 11.3. The average molecular weight is 283 g/mol. The first-order valence-corrected chi connectivity index (χ1v) is 7.48. The number of fused-ring (bicyclic) bond motifs is 1. The number of nitrogens with zero attached hydrogens (tertiary/aromatic N) is 4. The molecular weight excluding hydrogens is 262 g/mol. The van der Waals surface area contributed by atoms with Gasteiger partial charge in [-0.3, -0.25) is 0 Å². The SMILES string of the molecule is CCNCc1cc2ccccc2n1Cc1ncnn1CC. The van der Waals surface area contributed by atoms with Gasteiger partial charge in [-0.15, -0.1) is 0 Å². The Labute approximate surface area is 124 Å². The zero-order chi connectivity index (χ0) is 14.7. The molecule has 0 bridgehead atoms. The van der Waals surface area contributed by atoms with Crippen LogP contribution in [0.15, 0.2) is 36.7 Å². The summed E-state index contributed by atoms with van der Waals surface area (Å²) < 4.78 is 4.28. The zero-order valence-electron chi connectivity index (χ0n) is 12.6. The standard InChI is InChI=1S/C16H21N5/c1-3-17-10-14-9-13-7-5-6-8-15(13)20(14)11-16-18-12-19-21(16)4-2/h5-9,12,17H,3-4,10-11H2,1-2H3. The second-order valence-electron chi connectivity index (χ2n) is 5.05. The van der Waals surface area contributed by atoms with Gasteiger partial charge in [0.1, 0.15) is 12.2 Å². The third kappa shape index (κ3) is 2.69. The quantitative estimate of drug-likeness (QED) is 0.755. The summed E-state index contributed by atoms with van der Waals surface area (Å²) in [5, 5.41) is 8.95. The molecule has 0 aliphatic heterocycles. The molecular formula is C16H21N5. The number of hydrogen-bond acceptors (Lipinski definition) is 3. The lowest BCUT2D eigenvalue weighted by atomic mass is 10.2. The van der Waals surface area contributed by atoms with Crippen molar-refractivity contribution in [2.75, 3.05) is 6.54 Å². The lowest BCUT2D eigenvalue weighted by Crippen LogP contribution is -2.17. The molecule has 3 aromatic rings. The van der Waals surface area contributed by atoms with Gasteiger partial charge in [0.2, 0.25) is 0 Å². The second kappa shape index (κ2) is 6.10. The molecule has 0 saturated carbocycles. The maximum absolute atomic E-state index is 4.40. The van der Waals surface area contributed by atoms with E-state index in [2.05, 4.69) is 64.1 Å². The van der Waals surface area contributed by atoms with E-state index in [0.29, 0.717) is 0 Å². The van der Waals surface area contributed by atoms with Crippen molar-refractivity contribution in [3.8, 4) is 0 Å². The summed E-state index contributed by atoms with van der Waals surface area (Å²) in [5.41, 5.74) is 2.53. The van der Waals surface area contributed by atoms with Crippen molar-refractivity contribution in [3.05, 3.63) is 48.2 Å². The lowest BCUT2D eigenvalue weighted by Gasteiger charge is -2.11. The topological polar surface area (TPSA) is 47.7 Å². The highest BCUT2D eigenvalue weighted by Crippen LogP contribution is 2.21. The monoisotopic (exact) mass is 283 g/mol. The minimum atomic E-state index is 0.752. The molecule has 0 atom stereocenters. The summed E-state index contributed by atoms with van der Waals surface area (Å²) in [4.78, 5) is 4.40. The van der Waals surface area contributed by atoms with Crippen molar-refractivity contribution in [2.45, 2.75) is 33.5 Å². The van der Waals surface area contributed by atoms with E-state index in [-0.39, 0.29) is 0 Å². The molecule has 110 valence electrons. The molecule has 0 spiro atoms. The Morgan fingerprint density at radius 1 is 1.19 bits per heavy atom. The minimum absolute atomic E-state index is 0.752. The lowest BCUT2D eigenvalue weighted by molar-refractivity contribution is 0.583. The molecule has 0 unspecified atom stereocenters. The van der Waals surface area contributed by atoms with Crippen LogP contribution in [0, 0.1) is 0 Å². The number of para-hydroxylation sites is 1. The van der Waals surface area contributed by atoms with Gasteiger partial charge in [-0.25, -0.2) is 9.67 Å². The van der Waals surface area contributed by atoms with Gasteiger partial charge in [-0.2, -0.15) is 5.10 Å². The van der Waals surface area contributed by atoms with Crippen LogP contribution < -0.4 is 5.32 Å². The van der Waals surface area contributed by atoms with E-state index in [1.165, 1.54) is 16.6 Å². The molecule has 0 fully saturated rings. The van der Waals surface area contributed by atoms with Gasteiger partial charge in [-0.05, 0) is 31.0 Å². The van der Waals surface area contributed by atoms with E-state index in [9.17, 15) is 0 Å². The predicted molar refractivity (Wildman–Crippen MR) is 84.1 cm³/mol. The highest BCUT2D eigenvalue weighted by Gasteiger charge is 2.11. The largest absolute Gasteiger partial charge is 0.336 e. The first-order chi connectivity index (χ1) is 10.3. The summed E-state index contributed by atoms with van der Waals surface area (Å²) in [5.74, 6) is 0.997. The van der Waals surface area contributed by atoms with Crippen molar-refractivity contribution in [2.24, 2.45) is 0 Å². The molecule has 1 aromatic carbocycles. The number of hydrogen-bond donors (Lipinski definition) is 1. The van der Waals surface area contributed by atoms with E-state index in [0.717, 1.165) is 32.0 Å². The Morgan fingerprint density at radius 3 is 2.86 bits per heavy atom. The van der Waals surface area contributed by atoms with Crippen LogP contribution in [0.2, 0.25) is 0 Å². The fourth-order valence-corrected chi connectivity index (χ4v) is 2.67. The van der Waals surface area contributed by atoms with Gasteiger partial charge in [0.05, 0.1) is 6.54 Å². The van der Waals surface area contributed by atoms with E-state index >= 15 is 0 Å². The molecule has 0 saturated heterocycles. The third-order valence-electron chi connectivity index (χ3n) is 3.75. The van der Waals surface area contributed by atoms with Crippen LogP contribution in [0.3, 0.4) is 0 Å². The van der Waals surface area contributed by atoms with Crippen molar-refractivity contribution >= 4 is 10.9 Å². The zero-order valence-corrected chi connectivity index (χ0v) is 12.6. The Bertz CT molecular complexity index is 725. The highest BCUT2D eigenvalue weighted by atomic mass is 15.3. The molecule has 2 heterocycles. The molecule has 3 rings (SSSR count). The Morgan fingerprint density at radius 2 is 2.05 bits per heavy atom. The van der Waals surface area contributed by atoms with Crippen molar-refractivity contribution in [1.29, 1.82) is 0 Å². The van der Waals surface area contributed by atoms with Crippen LogP contribution in [0.1, 0.15) is 25.4 Å². The van der Waals surface area contributed by atoms with Crippen LogP contribution in [0.4, 0.5) is 0 Å². The van der Waals surface area contributed by atoms with E-state index in [1.807, 2.05) is 4.68 Å². The number of rotatable bonds is 6. The molecule has 5 heteroatoms. The summed E-state index contributed by atoms with van der Waals surface area (Å²) in [6.07, 6.45) is 1.63. The fourth-order valence-electron chi connectivity index (χ4n) is 2.67. The Kier molecular flexibility index (Phi) is 4.01. The van der Waals surface area contributed by atoms with Gasteiger partial charge >= 0.3 is 0 Å². The minimum Gasteiger partial charge on any atom is -0.336 e. The summed E-state index contributed by atoms with van der Waals surface area (Å²) >= 11 is 0. The van der Waals surface area contributed by atoms with Gasteiger partial charge < -0.3 is 9.88 Å². The fraction of sp³-hybridized carbons (Fsp3) is 0.375. The third-order valence-corrected chi connectivity index (χ3v) is 3.75. The summed E-state index contributed by atoms with van der Waals surface area (Å²) in [6.45, 7) is 7.64. The van der Waals surface area contributed by atoms with Crippen molar-refractivity contribution in [3.63, 3.8) is 0 Å². The molecule has 0 aliphatic carbocycles. The molecule has 1 N–H and O–H groups in total. The van der Waals surface area contributed by atoms with E-state index < -0.39 is 0 Å². The van der Waals surface area contributed by atoms with Gasteiger partial charge in [0.15, 0.2) is 0 Å². The summed E-state index contributed by atoms with van der Waals surface area (Å²) in [7, 11) is 0. The van der Waals surface area contributed by atoms with E-state index in [1.54, 1.807) is 6.33 Å². The maximum atomic E-state index is 4.40. The van der Waals surface area contributed by atoms with Gasteiger partial charge in [0, 0.05) is 24.3 Å². The van der Waals surface area contributed by atoms with Crippen LogP contribution in [0.5, 0.6) is 0 Å². The first kappa shape index (κ1) is 13.8. The molecule has 0 radical (unpaired) electrons. The molecule has 0 aliphatic rings. The predicted octanol–water partition coefficient (Wildman–Crippen LogP) is 2.41. The number of benzene rings is 1. The molecule has 5 nitrogen and oxygen atoms in total. The summed E-state index contributed by atoms with van der Waals surface area (Å²) in [6, 6.07) is 10.7. The smallest absolute Gasteiger partial charge is 0.146 e. The van der Waals surface area contributed by atoms with E-state index in [4.69, 9.17) is 0 Å². The highest BCUT2D eigenvalue weighted by molar-refractivity contribution is 5.81. The molecule has 21 heavy (non-hydrogen) atoms. The van der Waals surface area contributed by atoms with Crippen LogP contribution in [-0.2, 0) is 19.6 Å². The molecule has 2 aromatic heterocycles. The first-order valence-electron chi connectivity index (χ1n) is 7.48. The number of aryl methyl sites for hydroxylation is 1. The maximum Gasteiger partial charge on any atom is 0.146 e. The number of nitrogens with one attached hydrogen (secondary N) is 1. The van der Waals surface area contributed by atoms with Gasteiger partial charge in [0.25, 0.3) is 0 Å². The molecule has 0 amide bonds.